The van der Waals surface area contributed by atoms with Crippen LogP contribution in [0.2, 0.25) is 0 Å². The fourth-order valence-corrected chi connectivity index (χ4v) is 11.0. The number of aliphatic hydroxyl groups is 2. The lowest BCUT2D eigenvalue weighted by Gasteiger charge is -2.57. The van der Waals surface area contributed by atoms with Gasteiger partial charge in [0.15, 0.2) is 0 Å². The molecule has 0 radical (unpaired) electrons. The van der Waals surface area contributed by atoms with Crippen LogP contribution in [0.3, 0.4) is 0 Å². The Labute approximate surface area is 345 Å². The molecular weight excluding hydrogens is 717 g/mol. The molecule has 2 bridgehead atoms. The molecule has 2 heteroatoms. The van der Waals surface area contributed by atoms with Crippen molar-refractivity contribution in [1.29, 1.82) is 0 Å². The molecule has 284 valence electrons. The van der Waals surface area contributed by atoms with Crippen LogP contribution in [-0.2, 0) is 0 Å². The van der Waals surface area contributed by atoms with Crippen LogP contribution >= 0.6 is 0 Å². The van der Waals surface area contributed by atoms with Gasteiger partial charge in [0.05, 0.1) is 12.2 Å². The van der Waals surface area contributed by atoms with Crippen LogP contribution in [-0.4, -0.2) is 22.4 Å². The number of hydrogen-bond acceptors (Lipinski definition) is 2. The van der Waals surface area contributed by atoms with E-state index in [-0.39, 0.29) is 23.7 Å². The fourth-order valence-electron chi connectivity index (χ4n) is 11.0. The van der Waals surface area contributed by atoms with Crippen molar-refractivity contribution in [2.45, 2.75) is 31.0 Å². The van der Waals surface area contributed by atoms with Gasteiger partial charge in [-0.2, -0.15) is 0 Å². The van der Waals surface area contributed by atoms with Gasteiger partial charge in [0.2, 0.25) is 0 Å². The van der Waals surface area contributed by atoms with Crippen LogP contribution in [0.25, 0.3) is 55.7 Å². The predicted molar refractivity (Wildman–Crippen MR) is 241 cm³/mol. The molecular formula is C57H44O2. The van der Waals surface area contributed by atoms with Crippen molar-refractivity contribution in [1.82, 2.24) is 0 Å². The maximum Gasteiger partial charge on any atom is 0.0879 e. The Morgan fingerprint density at radius 2 is 0.712 bits per heavy atom. The van der Waals surface area contributed by atoms with Crippen LogP contribution in [0.4, 0.5) is 0 Å². The van der Waals surface area contributed by atoms with Crippen molar-refractivity contribution < 1.29 is 10.2 Å². The van der Waals surface area contributed by atoms with Crippen molar-refractivity contribution in [2.24, 2.45) is 11.8 Å². The van der Waals surface area contributed by atoms with Crippen molar-refractivity contribution >= 4 is 11.1 Å². The molecule has 4 aliphatic carbocycles. The quantitative estimate of drug-likeness (QED) is 0.177. The summed E-state index contributed by atoms with van der Waals surface area (Å²) in [5.74, 6) is -0.895. The molecule has 4 aliphatic rings. The van der Waals surface area contributed by atoms with Crippen molar-refractivity contribution in [2.75, 3.05) is 0 Å². The van der Waals surface area contributed by atoms with Gasteiger partial charge in [0.1, 0.15) is 0 Å². The van der Waals surface area contributed by atoms with E-state index < -0.39 is 12.2 Å². The highest BCUT2D eigenvalue weighted by molar-refractivity contribution is 5.93. The van der Waals surface area contributed by atoms with E-state index in [1.165, 1.54) is 60.5 Å². The fraction of sp³-hybridized carbons (Fsp3) is 0.123. The normalized spacial score (nSPS) is 21.4. The second-order valence-electron chi connectivity index (χ2n) is 16.5. The largest absolute Gasteiger partial charge is 0.390 e. The zero-order chi connectivity index (χ0) is 39.6. The molecule has 0 spiro atoms. The zero-order valence-electron chi connectivity index (χ0n) is 32.9. The molecule has 12 rings (SSSR count). The highest BCUT2D eigenvalue weighted by Gasteiger charge is 2.59. The summed E-state index contributed by atoms with van der Waals surface area (Å²) in [6, 6.07) is 72.0. The molecule has 1 fully saturated rings. The van der Waals surface area contributed by atoms with E-state index in [1.54, 1.807) is 0 Å². The van der Waals surface area contributed by atoms with E-state index in [1.807, 2.05) is 0 Å². The minimum absolute atomic E-state index is 0.124. The van der Waals surface area contributed by atoms with E-state index >= 15 is 0 Å². The van der Waals surface area contributed by atoms with Gasteiger partial charge in [0, 0.05) is 23.7 Å². The molecule has 0 heterocycles. The average Bonchev–Trinajstić information content (AvgIpc) is 3.30. The van der Waals surface area contributed by atoms with Gasteiger partial charge >= 0.3 is 0 Å². The Morgan fingerprint density at radius 3 is 1.22 bits per heavy atom. The number of rotatable bonds is 6. The Bertz CT molecular complexity index is 2990. The maximum atomic E-state index is 12.4. The van der Waals surface area contributed by atoms with Crippen molar-refractivity contribution in [3.8, 4) is 44.5 Å². The number of benzene rings is 8. The van der Waals surface area contributed by atoms with E-state index in [2.05, 4.69) is 207 Å². The molecule has 1 saturated carbocycles. The molecule has 0 aliphatic heterocycles. The summed E-state index contributed by atoms with van der Waals surface area (Å²) < 4.78 is 0. The summed E-state index contributed by atoms with van der Waals surface area (Å²) in [5, 5.41) is 27.1. The van der Waals surface area contributed by atoms with Crippen LogP contribution < -0.4 is 10.4 Å². The highest BCUT2D eigenvalue weighted by Crippen LogP contribution is 2.63. The molecule has 2 nitrogen and oxygen atoms in total. The number of hydrogen-bond donors (Lipinski definition) is 2. The third-order valence-corrected chi connectivity index (χ3v) is 13.5. The summed E-state index contributed by atoms with van der Waals surface area (Å²) in [6.07, 6.45) is -1.84. The average molecular weight is 761 g/mol. The van der Waals surface area contributed by atoms with Gasteiger partial charge in [-0.05, 0) is 113 Å². The molecule has 59 heavy (non-hydrogen) atoms. The molecule has 0 amide bonds. The minimum atomic E-state index is -0.920. The second-order valence-corrected chi connectivity index (χ2v) is 16.5. The third-order valence-electron chi connectivity index (χ3n) is 13.5. The summed E-state index contributed by atoms with van der Waals surface area (Å²) >= 11 is 0. The number of fused-ring (bicyclic) bond motifs is 2. The van der Waals surface area contributed by atoms with Gasteiger partial charge in [0.25, 0.3) is 0 Å². The Kier molecular flexibility index (Phi) is 8.66. The van der Waals surface area contributed by atoms with Gasteiger partial charge in [-0.15, -0.1) is 0 Å². The van der Waals surface area contributed by atoms with Crippen LogP contribution in [0.1, 0.15) is 39.7 Å². The zero-order valence-corrected chi connectivity index (χ0v) is 32.9. The highest BCUT2D eigenvalue weighted by atomic mass is 16.3. The molecule has 0 saturated heterocycles. The van der Waals surface area contributed by atoms with Crippen LogP contribution in [0.5, 0.6) is 0 Å². The number of aryl methyl sites for hydroxylation is 1. The second kappa shape index (κ2) is 14.4. The SMILES string of the molecule is Cc1cc(C2=c3ccccc3=C(c3ccc(-c4ccccc4)cc3-c3ccccc3)C3C2C2c4ccccc4C3C(O)C2O)c(-c2ccccc2)cc1-c1ccccc1. The Balaban J connectivity index is 1.28. The maximum absolute atomic E-state index is 12.4. The van der Waals surface area contributed by atoms with Crippen LogP contribution in [0.15, 0.2) is 200 Å². The molecule has 6 unspecified atom stereocenters. The summed E-state index contributed by atoms with van der Waals surface area (Å²) in [7, 11) is 0. The standard InChI is InChI=1S/C57H44O2/c1-35-32-49(48(39-24-12-5-13-25-39)34-46(35)37-20-8-3-9-21-37)51-42-27-15-14-26-41(42)50(54-52-43-28-16-17-29-44(43)53(55(51)54)57(59)56(52)58)45-31-30-40(36-18-6-2-7-19-36)33-47(45)38-22-10-4-11-23-38/h2-34,52-59H,1H3. The van der Waals surface area contributed by atoms with Gasteiger partial charge in [-0.3, -0.25) is 0 Å². The van der Waals surface area contributed by atoms with E-state index in [9.17, 15) is 10.2 Å². The Hall–Kier alpha value is -6.58. The van der Waals surface area contributed by atoms with Crippen LogP contribution in [0, 0.1) is 18.8 Å². The molecule has 8 aromatic carbocycles. The van der Waals surface area contributed by atoms with Gasteiger partial charge in [-0.1, -0.05) is 188 Å². The number of aliphatic hydroxyl groups excluding tert-OH is 2. The van der Waals surface area contributed by atoms with Crippen molar-refractivity contribution in [3.63, 3.8) is 0 Å². The minimum Gasteiger partial charge on any atom is -0.390 e. The van der Waals surface area contributed by atoms with E-state index in [0.717, 1.165) is 33.4 Å². The predicted octanol–water partition coefficient (Wildman–Crippen LogP) is 10.9. The van der Waals surface area contributed by atoms with E-state index in [4.69, 9.17) is 0 Å². The lowest BCUT2D eigenvalue weighted by molar-refractivity contribution is -0.0706. The first-order chi connectivity index (χ1) is 29.1. The monoisotopic (exact) mass is 760 g/mol. The van der Waals surface area contributed by atoms with E-state index in [0.29, 0.717) is 0 Å². The molecule has 0 aromatic heterocycles. The lowest BCUT2D eigenvalue weighted by atomic mass is 9.48. The smallest absolute Gasteiger partial charge is 0.0879 e. The first-order valence-corrected chi connectivity index (χ1v) is 20.9. The topological polar surface area (TPSA) is 40.5 Å². The summed E-state index contributed by atoms with van der Waals surface area (Å²) in [4.78, 5) is 0. The first-order valence-electron chi connectivity index (χ1n) is 20.9. The molecule has 8 aromatic rings. The van der Waals surface area contributed by atoms with Crippen molar-refractivity contribution in [3.05, 3.63) is 238 Å². The first kappa shape index (κ1) is 35.6. The Morgan fingerprint density at radius 1 is 0.305 bits per heavy atom. The summed E-state index contributed by atoms with van der Waals surface area (Å²) in [6.45, 7) is 2.23. The summed E-state index contributed by atoms with van der Waals surface area (Å²) in [5.41, 5.74) is 17.7. The van der Waals surface area contributed by atoms with Gasteiger partial charge in [-0.25, -0.2) is 0 Å². The lowest BCUT2D eigenvalue weighted by Crippen LogP contribution is -2.58. The molecule has 2 N–H and O–H groups in total. The molecule has 6 atom stereocenters. The van der Waals surface area contributed by atoms with Gasteiger partial charge < -0.3 is 10.2 Å². The third kappa shape index (κ3) is 5.70.